The number of carbonyl (C=O) groups is 1. The Morgan fingerprint density at radius 1 is 1.33 bits per heavy atom. The zero-order valence-electron chi connectivity index (χ0n) is 12.6. The van der Waals surface area contributed by atoms with Crippen LogP contribution in [-0.4, -0.2) is 42.0 Å². The topological polar surface area (TPSA) is 48.1 Å². The first-order valence-electron chi connectivity index (χ1n) is 7.79. The fraction of sp³-hybridized carbons (Fsp3) is 0.471. The number of fused-ring (bicyclic) bond motifs is 1. The molecule has 0 saturated heterocycles. The van der Waals surface area contributed by atoms with Gasteiger partial charge in [-0.05, 0) is 43.5 Å². The van der Waals surface area contributed by atoms with Crippen LogP contribution in [0.4, 0.5) is 0 Å². The van der Waals surface area contributed by atoms with Crippen molar-refractivity contribution in [3.63, 3.8) is 0 Å². The van der Waals surface area contributed by atoms with E-state index in [1.165, 1.54) is 25.7 Å². The lowest BCUT2D eigenvalue weighted by molar-refractivity contribution is 0.0947. The van der Waals surface area contributed by atoms with Crippen molar-refractivity contribution in [2.75, 3.05) is 20.1 Å². The molecule has 112 valence electrons. The van der Waals surface area contributed by atoms with E-state index in [0.717, 1.165) is 17.4 Å². The Bertz CT molecular complexity index is 613. The van der Waals surface area contributed by atoms with Crippen molar-refractivity contribution >= 4 is 16.8 Å². The second-order valence-corrected chi connectivity index (χ2v) is 5.95. The predicted octanol–water partition coefficient (Wildman–Crippen LogP) is 2.77. The van der Waals surface area contributed by atoms with Crippen LogP contribution in [0.3, 0.4) is 0 Å². The number of H-pyrrole nitrogens is 1. The van der Waals surface area contributed by atoms with Gasteiger partial charge in [0.15, 0.2) is 0 Å². The maximum Gasteiger partial charge on any atom is 0.251 e. The van der Waals surface area contributed by atoms with E-state index in [1.54, 1.807) is 0 Å². The average Bonchev–Trinajstić information content (AvgIpc) is 3.17. The number of amides is 1. The molecule has 0 aliphatic heterocycles. The third-order valence-electron chi connectivity index (χ3n) is 4.52. The predicted molar refractivity (Wildman–Crippen MR) is 85.5 cm³/mol. The molecule has 0 atom stereocenters. The molecule has 1 saturated carbocycles. The summed E-state index contributed by atoms with van der Waals surface area (Å²) in [5.41, 5.74) is 1.72. The minimum atomic E-state index is 0.00585. The van der Waals surface area contributed by atoms with Crippen molar-refractivity contribution < 1.29 is 4.79 Å². The fourth-order valence-electron chi connectivity index (χ4n) is 3.16. The van der Waals surface area contributed by atoms with Crippen LogP contribution in [0.1, 0.15) is 36.0 Å². The van der Waals surface area contributed by atoms with Crippen LogP contribution >= 0.6 is 0 Å². The van der Waals surface area contributed by atoms with Crippen molar-refractivity contribution in [2.45, 2.75) is 31.7 Å². The number of rotatable bonds is 5. The molecule has 1 fully saturated rings. The van der Waals surface area contributed by atoms with Crippen LogP contribution in [0, 0.1) is 0 Å². The van der Waals surface area contributed by atoms with E-state index in [4.69, 9.17) is 0 Å². The molecule has 3 rings (SSSR count). The molecule has 1 aromatic heterocycles. The summed E-state index contributed by atoms with van der Waals surface area (Å²) in [7, 11) is 2.16. The summed E-state index contributed by atoms with van der Waals surface area (Å²) < 4.78 is 0. The Morgan fingerprint density at radius 2 is 2.14 bits per heavy atom. The third-order valence-corrected chi connectivity index (χ3v) is 4.52. The molecule has 0 unspecified atom stereocenters. The molecule has 21 heavy (non-hydrogen) atoms. The highest BCUT2D eigenvalue weighted by Crippen LogP contribution is 2.21. The van der Waals surface area contributed by atoms with E-state index in [9.17, 15) is 4.79 Å². The van der Waals surface area contributed by atoms with Crippen molar-refractivity contribution in [3.05, 3.63) is 36.0 Å². The Balaban J connectivity index is 1.51. The Morgan fingerprint density at radius 3 is 2.95 bits per heavy atom. The zero-order chi connectivity index (χ0) is 14.7. The third kappa shape index (κ3) is 3.27. The Labute approximate surface area is 125 Å². The van der Waals surface area contributed by atoms with Crippen LogP contribution in [0.25, 0.3) is 10.9 Å². The van der Waals surface area contributed by atoms with E-state index in [-0.39, 0.29) is 5.91 Å². The molecule has 2 aromatic rings. The van der Waals surface area contributed by atoms with Gasteiger partial charge in [-0.2, -0.15) is 0 Å². The van der Waals surface area contributed by atoms with E-state index >= 15 is 0 Å². The quantitative estimate of drug-likeness (QED) is 0.887. The number of hydrogen-bond acceptors (Lipinski definition) is 2. The van der Waals surface area contributed by atoms with Gasteiger partial charge in [0.1, 0.15) is 0 Å². The first-order valence-corrected chi connectivity index (χ1v) is 7.79. The second kappa shape index (κ2) is 6.31. The summed E-state index contributed by atoms with van der Waals surface area (Å²) in [5, 5.41) is 4.15. The van der Waals surface area contributed by atoms with Gasteiger partial charge in [0, 0.05) is 36.4 Å². The van der Waals surface area contributed by atoms with Crippen LogP contribution < -0.4 is 5.32 Å². The molecule has 0 bridgehead atoms. The van der Waals surface area contributed by atoms with E-state index in [1.807, 2.05) is 30.5 Å². The van der Waals surface area contributed by atoms with Gasteiger partial charge in [0.05, 0.1) is 0 Å². The summed E-state index contributed by atoms with van der Waals surface area (Å²) >= 11 is 0. The Hall–Kier alpha value is -1.81. The molecular weight excluding hydrogens is 262 g/mol. The number of carbonyl (C=O) groups excluding carboxylic acids is 1. The molecule has 1 aliphatic carbocycles. The van der Waals surface area contributed by atoms with Crippen molar-refractivity contribution in [3.8, 4) is 0 Å². The molecule has 0 spiro atoms. The molecule has 1 heterocycles. The molecular formula is C17H23N3O. The van der Waals surface area contributed by atoms with E-state index < -0.39 is 0 Å². The maximum absolute atomic E-state index is 12.2. The van der Waals surface area contributed by atoms with Gasteiger partial charge in [0.25, 0.3) is 5.91 Å². The number of likely N-dealkylation sites (N-methyl/N-ethyl adjacent to an activating group) is 1. The van der Waals surface area contributed by atoms with Crippen LogP contribution in [0.15, 0.2) is 30.5 Å². The normalized spacial score (nSPS) is 15.9. The number of nitrogens with one attached hydrogen (secondary N) is 2. The minimum absolute atomic E-state index is 0.00585. The number of hydrogen-bond donors (Lipinski definition) is 2. The number of aromatic amines is 1. The largest absolute Gasteiger partial charge is 0.361 e. The molecule has 4 nitrogen and oxygen atoms in total. The second-order valence-electron chi connectivity index (χ2n) is 5.95. The zero-order valence-corrected chi connectivity index (χ0v) is 12.6. The number of aromatic nitrogens is 1. The minimum Gasteiger partial charge on any atom is -0.361 e. The lowest BCUT2D eigenvalue weighted by Gasteiger charge is -2.23. The number of benzene rings is 1. The lowest BCUT2D eigenvalue weighted by Crippen LogP contribution is -2.37. The molecule has 2 N–H and O–H groups in total. The highest BCUT2D eigenvalue weighted by molar-refractivity contribution is 5.97. The van der Waals surface area contributed by atoms with Gasteiger partial charge in [-0.3, -0.25) is 4.79 Å². The van der Waals surface area contributed by atoms with Gasteiger partial charge in [-0.25, -0.2) is 0 Å². The van der Waals surface area contributed by atoms with Gasteiger partial charge >= 0.3 is 0 Å². The van der Waals surface area contributed by atoms with Crippen molar-refractivity contribution in [2.24, 2.45) is 0 Å². The maximum atomic E-state index is 12.2. The highest BCUT2D eigenvalue weighted by Gasteiger charge is 2.19. The van der Waals surface area contributed by atoms with E-state index in [0.29, 0.717) is 18.2 Å². The summed E-state index contributed by atoms with van der Waals surface area (Å²) in [6, 6.07) is 8.48. The van der Waals surface area contributed by atoms with Gasteiger partial charge < -0.3 is 15.2 Å². The Kier molecular flexibility index (Phi) is 4.25. The number of nitrogens with zero attached hydrogens (tertiary/aromatic N) is 1. The van der Waals surface area contributed by atoms with Gasteiger partial charge in [-0.1, -0.05) is 18.9 Å². The average molecular weight is 285 g/mol. The van der Waals surface area contributed by atoms with Gasteiger partial charge in [0.2, 0.25) is 0 Å². The molecule has 1 aromatic carbocycles. The van der Waals surface area contributed by atoms with Crippen LogP contribution in [-0.2, 0) is 0 Å². The monoisotopic (exact) mass is 285 g/mol. The summed E-state index contributed by atoms with van der Waals surface area (Å²) in [6.45, 7) is 1.62. The molecule has 1 aliphatic rings. The van der Waals surface area contributed by atoms with Crippen LogP contribution in [0.2, 0.25) is 0 Å². The standard InChI is InChI=1S/C17H23N3O/c1-20(15-4-2-3-5-15)11-10-19-17(21)14-7-6-13-8-9-18-16(13)12-14/h6-9,12,15,18H,2-5,10-11H2,1H3,(H,19,21). The molecule has 0 radical (unpaired) electrons. The fourth-order valence-corrected chi connectivity index (χ4v) is 3.16. The first-order chi connectivity index (χ1) is 10.2. The molecule has 1 amide bonds. The smallest absolute Gasteiger partial charge is 0.251 e. The summed E-state index contributed by atoms with van der Waals surface area (Å²) in [4.78, 5) is 17.7. The lowest BCUT2D eigenvalue weighted by atomic mass is 10.1. The summed E-state index contributed by atoms with van der Waals surface area (Å²) in [6.07, 6.45) is 7.18. The first kappa shape index (κ1) is 14.1. The van der Waals surface area contributed by atoms with Gasteiger partial charge in [-0.15, -0.1) is 0 Å². The van der Waals surface area contributed by atoms with Crippen molar-refractivity contribution in [1.82, 2.24) is 15.2 Å². The SMILES string of the molecule is CN(CCNC(=O)c1ccc2cc[nH]c2c1)C1CCCC1. The molecule has 4 heteroatoms. The van der Waals surface area contributed by atoms with Crippen molar-refractivity contribution in [1.29, 1.82) is 0 Å². The van der Waals surface area contributed by atoms with Crippen LogP contribution in [0.5, 0.6) is 0 Å². The van der Waals surface area contributed by atoms with E-state index in [2.05, 4.69) is 22.2 Å². The highest BCUT2D eigenvalue weighted by atomic mass is 16.1. The summed E-state index contributed by atoms with van der Waals surface area (Å²) in [5.74, 6) is 0.00585.